The average molecular weight is 367 g/mol. The standard InChI is InChI=1S/C16H16Cl2N4O2/c1-3-21-7-6-19-13(21)9-22-14(23)16(2,20-15(22)24)10-4-5-11(17)12(18)8-10/h4-8H,3,9H2,1-2H3,(H,20,24). The molecule has 1 unspecified atom stereocenters. The van der Waals surface area contributed by atoms with Gasteiger partial charge in [0.2, 0.25) is 0 Å². The van der Waals surface area contributed by atoms with Crippen LogP contribution in [0.4, 0.5) is 4.79 Å². The van der Waals surface area contributed by atoms with E-state index < -0.39 is 11.6 Å². The molecule has 2 aromatic rings. The maximum atomic E-state index is 12.9. The number of rotatable bonds is 4. The lowest BCUT2D eigenvalue weighted by molar-refractivity contribution is -0.131. The Hall–Kier alpha value is -2.05. The van der Waals surface area contributed by atoms with Crippen molar-refractivity contribution in [2.75, 3.05) is 0 Å². The molecule has 0 saturated carbocycles. The second kappa shape index (κ2) is 6.11. The molecule has 0 radical (unpaired) electrons. The van der Waals surface area contributed by atoms with Crippen molar-refractivity contribution in [3.63, 3.8) is 0 Å². The van der Waals surface area contributed by atoms with Gasteiger partial charge in [-0.25, -0.2) is 9.78 Å². The Kier molecular flexibility index (Phi) is 4.27. The van der Waals surface area contributed by atoms with Crippen LogP contribution in [0.2, 0.25) is 10.0 Å². The second-order valence-electron chi connectivity index (χ2n) is 5.70. The van der Waals surface area contributed by atoms with Crippen molar-refractivity contribution >= 4 is 35.1 Å². The Labute approximate surface area is 149 Å². The predicted molar refractivity (Wildman–Crippen MR) is 90.8 cm³/mol. The molecule has 1 aliphatic rings. The van der Waals surface area contributed by atoms with Gasteiger partial charge in [0, 0.05) is 18.9 Å². The van der Waals surface area contributed by atoms with Crippen LogP contribution in [0.25, 0.3) is 0 Å². The quantitative estimate of drug-likeness (QED) is 0.844. The highest BCUT2D eigenvalue weighted by atomic mass is 35.5. The molecule has 1 fully saturated rings. The summed E-state index contributed by atoms with van der Waals surface area (Å²) in [4.78, 5) is 30.6. The van der Waals surface area contributed by atoms with E-state index in [1.165, 1.54) is 0 Å². The highest BCUT2D eigenvalue weighted by molar-refractivity contribution is 6.42. The molecule has 0 spiro atoms. The van der Waals surface area contributed by atoms with E-state index in [4.69, 9.17) is 23.2 Å². The predicted octanol–water partition coefficient (Wildman–Crippen LogP) is 3.18. The molecule has 0 aliphatic carbocycles. The van der Waals surface area contributed by atoms with Crippen LogP contribution in [-0.2, 0) is 23.4 Å². The molecule has 1 N–H and O–H groups in total. The molecule has 1 aromatic carbocycles. The summed E-state index contributed by atoms with van der Waals surface area (Å²) in [6.45, 7) is 4.45. The summed E-state index contributed by atoms with van der Waals surface area (Å²) in [7, 11) is 0. The molecular weight excluding hydrogens is 351 g/mol. The first-order chi connectivity index (χ1) is 11.4. The smallest absolute Gasteiger partial charge is 0.325 e. The number of benzene rings is 1. The van der Waals surface area contributed by atoms with Crippen molar-refractivity contribution in [3.05, 3.63) is 52.0 Å². The fraction of sp³-hybridized carbons (Fsp3) is 0.312. The highest BCUT2D eigenvalue weighted by Gasteiger charge is 2.49. The Morgan fingerprint density at radius 1 is 1.25 bits per heavy atom. The topological polar surface area (TPSA) is 67.2 Å². The minimum absolute atomic E-state index is 0.114. The zero-order valence-electron chi connectivity index (χ0n) is 13.2. The number of hydrogen-bond donors (Lipinski definition) is 1. The largest absolute Gasteiger partial charge is 0.334 e. The van der Waals surface area contributed by atoms with E-state index in [9.17, 15) is 9.59 Å². The van der Waals surface area contributed by atoms with Gasteiger partial charge in [-0.2, -0.15) is 0 Å². The van der Waals surface area contributed by atoms with Gasteiger partial charge in [-0.1, -0.05) is 29.3 Å². The third-order valence-electron chi connectivity index (χ3n) is 4.21. The van der Waals surface area contributed by atoms with E-state index in [0.717, 1.165) is 4.90 Å². The van der Waals surface area contributed by atoms with E-state index >= 15 is 0 Å². The fourth-order valence-electron chi connectivity index (χ4n) is 2.76. The number of nitrogens with zero attached hydrogens (tertiary/aromatic N) is 3. The Balaban J connectivity index is 1.91. The van der Waals surface area contributed by atoms with Gasteiger partial charge in [-0.05, 0) is 31.5 Å². The van der Waals surface area contributed by atoms with Crippen molar-refractivity contribution in [2.24, 2.45) is 0 Å². The third-order valence-corrected chi connectivity index (χ3v) is 4.95. The van der Waals surface area contributed by atoms with Gasteiger partial charge in [0.15, 0.2) is 0 Å². The number of carbonyl (C=O) groups is 2. The number of hydrogen-bond acceptors (Lipinski definition) is 3. The molecule has 1 aromatic heterocycles. The zero-order valence-corrected chi connectivity index (χ0v) is 14.7. The molecule has 126 valence electrons. The maximum absolute atomic E-state index is 12.9. The van der Waals surface area contributed by atoms with Gasteiger partial charge in [-0.3, -0.25) is 9.69 Å². The first-order valence-electron chi connectivity index (χ1n) is 7.46. The fourth-order valence-corrected chi connectivity index (χ4v) is 3.06. The van der Waals surface area contributed by atoms with Gasteiger partial charge < -0.3 is 9.88 Å². The molecule has 8 heteroatoms. The number of halogens is 2. The number of aromatic nitrogens is 2. The summed E-state index contributed by atoms with van der Waals surface area (Å²) < 4.78 is 1.88. The van der Waals surface area contributed by atoms with Gasteiger partial charge >= 0.3 is 6.03 Å². The average Bonchev–Trinajstić information content (AvgIpc) is 3.09. The highest BCUT2D eigenvalue weighted by Crippen LogP contribution is 2.33. The molecule has 0 bridgehead atoms. The van der Waals surface area contributed by atoms with Crippen molar-refractivity contribution in [3.8, 4) is 0 Å². The van der Waals surface area contributed by atoms with E-state index in [1.54, 1.807) is 31.3 Å². The van der Waals surface area contributed by atoms with Crippen LogP contribution in [0.3, 0.4) is 0 Å². The van der Waals surface area contributed by atoms with Crippen LogP contribution in [0.5, 0.6) is 0 Å². The Morgan fingerprint density at radius 3 is 2.67 bits per heavy atom. The van der Waals surface area contributed by atoms with Crippen LogP contribution in [0, 0.1) is 0 Å². The van der Waals surface area contributed by atoms with Crippen molar-refractivity contribution in [1.82, 2.24) is 19.8 Å². The van der Waals surface area contributed by atoms with Crippen LogP contribution in [-0.4, -0.2) is 26.4 Å². The summed E-state index contributed by atoms with van der Waals surface area (Å²) in [6, 6.07) is 4.43. The summed E-state index contributed by atoms with van der Waals surface area (Å²) in [5, 5.41) is 3.46. The van der Waals surface area contributed by atoms with Gasteiger partial charge in [0.1, 0.15) is 11.4 Å². The number of amides is 3. The Morgan fingerprint density at radius 2 is 2.00 bits per heavy atom. The molecule has 1 saturated heterocycles. The summed E-state index contributed by atoms with van der Waals surface area (Å²) in [6.07, 6.45) is 3.46. The van der Waals surface area contributed by atoms with Crippen LogP contribution in [0.1, 0.15) is 25.2 Å². The van der Waals surface area contributed by atoms with Crippen LogP contribution >= 0.6 is 23.2 Å². The molecule has 3 amide bonds. The number of nitrogens with one attached hydrogen (secondary N) is 1. The Bertz CT molecular complexity index is 820. The zero-order chi connectivity index (χ0) is 17.5. The molecule has 2 heterocycles. The normalized spacial score (nSPS) is 20.6. The van der Waals surface area contributed by atoms with Crippen LogP contribution in [0.15, 0.2) is 30.6 Å². The van der Waals surface area contributed by atoms with E-state index in [1.807, 2.05) is 17.7 Å². The lowest BCUT2D eigenvalue weighted by Gasteiger charge is -2.22. The summed E-state index contributed by atoms with van der Waals surface area (Å²) in [5.74, 6) is 0.302. The molecule has 6 nitrogen and oxygen atoms in total. The van der Waals surface area contributed by atoms with Crippen molar-refractivity contribution in [2.45, 2.75) is 32.5 Å². The first kappa shape index (κ1) is 16.8. The minimum atomic E-state index is -1.19. The molecule has 24 heavy (non-hydrogen) atoms. The van der Waals surface area contributed by atoms with Crippen molar-refractivity contribution < 1.29 is 9.59 Å². The van der Waals surface area contributed by atoms with Crippen LogP contribution < -0.4 is 5.32 Å². The number of urea groups is 1. The van der Waals surface area contributed by atoms with Gasteiger partial charge in [0.25, 0.3) is 5.91 Å². The molecule has 1 aliphatic heterocycles. The number of imide groups is 1. The van der Waals surface area contributed by atoms with E-state index in [0.29, 0.717) is 28.0 Å². The molecular formula is C16H16Cl2N4O2. The SMILES string of the molecule is CCn1ccnc1CN1C(=O)NC(C)(c2ccc(Cl)c(Cl)c2)C1=O. The second-order valence-corrected chi connectivity index (χ2v) is 6.52. The monoisotopic (exact) mass is 366 g/mol. The minimum Gasteiger partial charge on any atom is -0.334 e. The summed E-state index contributed by atoms with van der Waals surface area (Å²) >= 11 is 12.0. The van der Waals surface area contributed by atoms with Gasteiger partial charge in [-0.15, -0.1) is 0 Å². The van der Waals surface area contributed by atoms with Gasteiger partial charge in [0.05, 0.1) is 16.6 Å². The molecule has 3 rings (SSSR count). The number of aryl methyl sites for hydroxylation is 1. The van der Waals surface area contributed by atoms with Crippen molar-refractivity contribution in [1.29, 1.82) is 0 Å². The lowest BCUT2D eigenvalue weighted by Crippen LogP contribution is -2.40. The molecule has 1 atom stereocenters. The third kappa shape index (κ3) is 2.65. The van der Waals surface area contributed by atoms with E-state index in [2.05, 4.69) is 10.3 Å². The lowest BCUT2D eigenvalue weighted by atomic mass is 9.92. The summed E-state index contributed by atoms with van der Waals surface area (Å²) in [5.41, 5.74) is -0.605. The number of carbonyl (C=O) groups excluding carboxylic acids is 2. The first-order valence-corrected chi connectivity index (χ1v) is 8.22. The van der Waals surface area contributed by atoms with E-state index in [-0.39, 0.29) is 12.5 Å². The maximum Gasteiger partial charge on any atom is 0.325 e. The number of imidazole rings is 1.